The minimum absolute atomic E-state index is 0.625. The van der Waals surface area contributed by atoms with Crippen LogP contribution in [0.5, 0.6) is 0 Å². The molecule has 0 radical (unpaired) electrons. The van der Waals surface area contributed by atoms with Gasteiger partial charge in [-0.2, -0.15) is 5.26 Å². The average molecular weight is 93.1 g/mol. The Bertz CT molecular complexity index is 38.5. The molecule has 0 bridgehead atoms. The van der Waals surface area contributed by atoms with Crippen molar-refractivity contribution in [2.24, 2.45) is 0 Å². The van der Waals surface area contributed by atoms with Crippen molar-refractivity contribution in [2.45, 2.75) is 13.3 Å². The standard InChI is InChI=1S/C3H5N.F2/c1-2-3-4;1-2/h2H2,1H3;. The number of rotatable bonds is 0. The van der Waals surface area contributed by atoms with E-state index >= 15 is 0 Å². The van der Waals surface area contributed by atoms with Gasteiger partial charge >= 0.3 is 0 Å². The molecule has 0 aromatic rings. The van der Waals surface area contributed by atoms with Crippen molar-refractivity contribution in [3.05, 3.63) is 0 Å². The van der Waals surface area contributed by atoms with E-state index in [1.807, 2.05) is 13.0 Å². The largest absolute Gasteiger partial charge is 0.198 e. The molecule has 0 aliphatic carbocycles. The van der Waals surface area contributed by atoms with Crippen LogP contribution in [-0.4, -0.2) is 0 Å². The summed E-state index contributed by atoms with van der Waals surface area (Å²) < 4.78 is 16.0. The van der Waals surface area contributed by atoms with Gasteiger partial charge < -0.3 is 0 Å². The molecule has 0 spiro atoms. The summed E-state index contributed by atoms with van der Waals surface area (Å²) in [5.41, 5.74) is 0. The van der Waals surface area contributed by atoms with Crippen molar-refractivity contribution in [3.63, 3.8) is 0 Å². The van der Waals surface area contributed by atoms with Gasteiger partial charge in [0.1, 0.15) is 0 Å². The molecule has 0 aliphatic heterocycles. The summed E-state index contributed by atoms with van der Waals surface area (Å²) in [5.74, 6) is 0. The third-order valence-electron chi connectivity index (χ3n) is 0.158. The van der Waals surface area contributed by atoms with Gasteiger partial charge in [0, 0.05) is 15.6 Å². The highest BCUT2D eigenvalue weighted by molar-refractivity contribution is 4.61. The van der Waals surface area contributed by atoms with Crippen LogP contribution in [0, 0.1) is 11.3 Å². The van der Waals surface area contributed by atoms with Crippen LogP contribution in [0.15, 0.2) is 0 Å². The van der Waals surface area contributed by atoms with Crippen LogP contribution < -0.4 is 0 Å². The Kier molecular flexibility index (Phi) is 40.3. The van der Waals surface area contributed by atoms with Gasteiger partial charge in [-0.25, -0.2) is 0 Å². The van der Waals surface area contributed by atoms with E-state index in [0.29, 0.717) is 6.42 Å². The first-order valence-corrected chi connectivity index (χ1v) is 1.43. The van der Waals surface area contributed by atoms with Crippen molar-refractivity contribution in [2.75, 3.05) is 0 Å². The molecule has 0 unspecified atom stereocenters. The summed E-state index contributed by atoms with van der Waals surface area (Å²) in [4.78, 5) is 0. The second kappa shape index (κ2) is 26.8. The van der Waals surface area contributed by atoms with E-state index < -0.39 is 0 Å². The summed E-state index contributed by atoms with van der Waals surface area (Å²) in [5, 5.41) is 7.62. The molecule has 0 amide bonds. The Morgan fingerprint density at radius 1 is 1.67 bits per heavy atom. The lowest BCUT2D eigenvalue weighted by molar-refractivity contribution is 0.108. The highest BCUT2D eigenvalue weighted by atomic mass is 20.0. The smallest absolute Gasteiger partial charge is 0.0618 e. The second-order valence-electron chi connectivity index (χ2n) is 0.512. The predicted molar refractivity (Wildman–Crippen MR) is 18.1 cm³/mol. The fourth-order valence-corrected chi connectivity index (χ4v) is 0. The van der Waals surface area contributed by atoms with Crippen molar-refractivity contribution in [3.8, 4) is 6.07 Å². The number of halogens is 2. The quantitative estimate of drug-likeness (QED) is 0.447. The fraction of sp³-hybridized carbons (Fsp3) is 0.667. The van der Waals surface area contributed by atoms with E-state index in [-0.39, 0.29) is 0 Å². The summed E-state index contributed by atoms with van der Waals surface area (Å²) in [6.45, 7) is 1.82. The number of hydrogen-bond acceptors (Lipinski definition) is 1. The van der Waals surface area contributed by atoms with Gasteiger partial charge in [-0.3, -0.25) is 0 Å². The minimum Gasteiger partial charge on any atom is -0.198 e. The van der Waals surface area contributed by atoms with E-state index in [1.54, 1.807) is 0 Å². The Hall–Kier alpha value is -0.650. The highest BCUT2D eigenvalue weighted by Crippen LogP contribution is 1.58. The fourth-order valence-electron chi connectivity index (χ4n) is 0. The normalized spacial score (nSPS) is 4.33. The zero-order chi connectivity index (χ0) is 5.41. The molecule has 0 heterocycles. The maximum absolute atomic E-state index is 8.00. The number of nitriles is 1. The number of nitrogens with zero attached hydrogens (tertiary/aromatic N) is 1. The van der Waals surface area contributed by atoms with Crippen LogP contribution in [0.3, 0.4) is 0 Å². The molecule has 3 heteroatoms. The second-order valence-corrected chi connectivity index (χ2v) is 0.512. The van der Waals surface area contributed by atoms with Gasteiger partial charge in [0.25, 0.3) is 0 Å². The molecule has 36 valence electrons. The van der Waals surface area contributed by atoms with E-state index in [2.05, 4.69) is 0 Å². The van der Waals surface area contributed by atoms with Gasteiger partial charge in [-0.1, -0.05) is 6.92 Å². The molecule has 6 heavy (non-hydrogen) atoms. The highest BCUT2D eigenvalue weighted by Gasteiger charge is 1.49. The average Bonchev–Trinajstić information content (AvgIpc) is 1.72. The first-order chi connectivity index (χ1) is 2.91. The molecular weight excluding hydrogens is 88.0 g/mol. The van der Waals surface area contributed by atoms with Crippen molar-refractivity contribution < 1.29 is 9.15 Å². The molecule has 0 rings (SSSR count). The Morgan fingerprint density at radius 2 is 1.83 bits per heavy atom. The van der Waals surface area contributed by atoms with Gasteiger partial charge in [-0.15, -0.1) is 0 Å². The third-order valence-corrected chi connectivity index (χ3v) is 0.158. The van der Waals surface area contributed by atoms with Crippen molar-refractivity contribution in [1.29, 1.82) is 5.26 Å². The summed E-state index contributed by atoms with van der Waals surface area (Å²) in [6.07, 6.45) is 0.625. The van der Waals surface area contributed by atoms with E-state index in [9.17, 15) is 0 Å². The molecular formula is C3H5F2N. The van der Waals surface area contributed by atoms with Crippen LogP contribution in [0.2, 0.25) is 0 Å². The van der Waals surface area contributed by atoms with E-state index in [1.165, 1.54) is 0 Å². The molecule has 0 aliphatic rings. The van der Waals surface area contributed by atoms with Gasteiger partial charge in [0.2, 0.25) is 0 Å². The molecule has 1 nitrogen and oxygen atoms in total. The predicted octanol–water partition coefficient (Wildman–Crippen LogP) is 1.76. The maximum Gasteiger partial charge on any atom is 0.0618 e. The van der Waals surface area contributed by atoms with Gasteiger partial charge in [-0.05, 0) is 0 Å². The van der Waals surface area contributed by atoms with Crippen LogP contribution in [0.1, 0.15) is 13.3 Å². The summed E-state index contributed by atoms with van der Waals surface area (Å²) in [6, 6.07) is 1.93. The topological polar surface area (TPSA) is 23.8 Å². The molecule has 0 saturated heterocycles. The van der Waals surface area contributed by atoms with E-state index in [0.717, 1.165) is 0 Å². The zero-order valence-corrected chi connectivity index (χ0v) is 3.41. The van der Waals surface area contributed by atoms with Crippen LogP contribution in [0.4, 0.5) is 9.15 Å². The lowest BCUT2D eigenvalue weighted by Crippen LogP contribution is -1.38. The Balaban J connectivity index is 0. The summed E-state index contributed by atoms with van der Waals surface area (Å²) in [7, 11) is 0. The molecule has 0 N–H and O–H groups in total. The molecule has 0 saturated carbocycles. The van der Waals surface area contributed by atoms with Crippen LogP contribution in [0.25, 0.3) is 0 Å². The lowest BCUT2D eigenvalue weighted by atomic mass is 10.6. The first kappa shape index (κ1) is 9.02. The Morgan fingerprint density at radius 3 is 1.83 bits per heavy atom. The third kappa shape index (κ3) is 151. The Labute approximate surface area is 35.1 Å². The number of hydrogen-bond donors (Lipinski definition) is 0. The van der Waals surface area contributed by atoms with Gasteiger partial charge in [0.05, 0.1) is 6.07 Å². The lowest BCUT2D eigenvalue weighted by Gasteiger charge is -1.47. The minimum atomic E-state index is 0.625. The molecule has 0 aromatic heterocycles. The van der Waals surface area contributed by atoms with E-state index in [4.69, 9.17) is 14.4 Å². The zero-order valence-electron chi connectivity index (χ0n) is 3.41. The maximum atomic E-state index is 8.00. The first-order valence-electron chi connectivity index (χ1n) is 1.43. The monoisotopic (exact) mass is 93.0 g/mol. The molecule has 0 fully saturated rings. The molecule has 0 atom stereocenters. The van der Waals surface area contributed by atoms with Crippen molar-refractivity contribution in [1.82, 2.24) is 0 Å². The summed E-state index contributed by atoms with van der Waals surface area (Å²) >= 11 is 0. The SMILES string of the molecule is CCC#N.FF. The molecule has 0 aromatic carbocycles. The van der Waals surface area contributed by atoms with Gasteiger partial charge in [0.15, 0.2) is 0 Å². The van der Waals surface area contributed by atoms with Crippen LogP contribution in [-0.2, 0) is 0 Å². The van der Waals surface area contributed by atoms with Crippen molar-refractivity contribution >= 4 is 0 Å². The van der Waals surface area contributed by atoms with Crippen LogP contribution >= 0.6 is 0 Å².